The topological polar surface area (TPSA) is 84.9 Å². The predicted molar refractivity (Wildman–Crippen MR) is 77.5 cm³/mol. The second-order valence-corrected chi connectivity index (χ2v) is 5.10. The first-order chi connectivity index (χ1) is 9.88. The Morgan fingerprint density at radius 2 is 1.81 bits per heavy atom. The first kappa shape index (κ1) is 16.8. The second-order valence-electron chi connectivity index (χ2n) is 5.10. The summed E-state index contributed by atoms with van der Waals surface area (Å²) in [4.78, 5) is 22.1. The van der Waals surface area contributed by atoms with E-state index < -0.39 is 17.9 Å². The summed E-state index contributed by atoms with van der Waals surface area (Å²) >= 11 is 0. The third-order valence-corrected chi connectivity index (χ3v) is 2.51. The van der Waals surface area contributed by atoms with Gasteiger partial charge in [0.25, 0.3) is 5.91 Å². The highest BCUT2D eigenvalue weighted by atomic mass is 16.5. The van der Waals surface area contributed by atoms with Crippen molar-refractivity contribution in [1.29, 1.82) is 0 Å². The van der Waals surface area contributed by atoms with Crippen molar-refractivity contribution in [2.24, 2.45) is 5.92 Å². The van der Waals surface area contributed by atoms with Crippen molar-refractivity contribution in [3.8, 4) is 11.5 Å². The summed E-state index contributed by atoms with van der Waals surface area (Å²) in [5.74, 6) is -0.00131. The number of hydrogen-bond donors (Lipinski definition) is 2. The minimum absolute atomic E-state index is 0.245. The maximum atomic E-state index is 11.5. The third kappa shape index (κ3) is 6.65. The van der Waals surface area contributed by atoms with Crippen LogP contribution >= 0.6 is 0 Å². The monoisotopic (exact) mass is 295 g/mol. The number of rotatable bonds is 8. The van der Waals surface area contributed by atoms with Crippen molar-refractivity contribution in [1.82, 2.24) is 5.32 Å². The van der Waals surface area contributed by atoms with E-state index in [1.165, 1.54) is 6.92 Å². The van der Waals surface area contributed by atoms with Crippen LogP contribution in [-0.2, 0) is 9.59 Å². The Labute approximate surface area is 124 Å². The third-order valence-electron chi connectivity index (χ3n) is 2.51. The molecule has 21 heavy (non-hydrogen) atoms. The Morgan fingerprint density at radius 1 is 1.19 bits per heavy atom. The quantitative estimate of drug-likeness (QED) is 0.762. The van der Waals surface area contributed by atoms with E-state index in [1.807, 2.05) is 19.9 Å². The molecule has 1 aromatic rings. The van der Waals surface area contributed by atoms with Crippen LogP contribution < -0.4 is 14.8 Å². The van der Waals surface area contributed by atoms with Gasteiger partial charge in [-0.25, -0.2) is 0 Å². The minimum atomic E-state index is -1.09. The number of hydrogen-bond acceptors (Lipinski definition) is 4. The Bertz CT molecular complexity index is 487. The van der Waals surface area contributed by atoms with Gasteiger partial charge in [-0.2, -0.15) is 0 Å². The maximum absolute atomic E-state index is 11.5. The molecule has 0 saturated carbocycles. The fraction of sp³-hybridized carbons (Fsp3) is 0.467. The Balaban J connectivity index is 2.46. The summed E-state index contributed by atoms with van der Waals surface area (Å²) in [7, 11) is 0. The molecule has 1 atom stereocenters. The molecule has 0 fully saturated rings. The van der Waals surface area contributed by atoms with Gasteiger partial charge in [-0.3, -0.25) is 9.59 Å². The number of carboxylic acid groups (broad SMARTS) is 1. The van der Waals surface area contributed by atoms with Crippen molar-refractivity contribution < 1.29 is 24.2 Å². The number of carbonyl (C=O) groups excluding carboxylic acids is 1. The SMILES string of the molecule is CC(C)COc1cccc(OCC(=O)NC(C)C(=O)O)c1. The molecular weight excluding hydrogens is 274 g/mol. The van der Waals surface area contributed by atoms with E-state index in [0.717, 1.165) is 0 Å². The van der Waals surface area contributed by atoms with E-state index in [-0.39, 0.29) is 6.61 Å². The molecule has 0 aromatic heterocycles. The van der Waals surface area contributed by atoms with E-state index in [2.05, 4.69) is 5.32 Å². The molecule has 1 aromatic carbocycles. The number of carbonyl (C=O) groups is 2. The standard InChI is InChI=1S/C15H21NO5/c1-10(2)8-20-12-5-4-6-13(7-12)21-9-14(17)16-11(3)15(18)19/h4-7,10-11H,8-9H2,1-3H3,(H,16,17)(H,18,19). The molecule has 1 rings (SSSR count). The summed E-state index contributed by atoms with van der Waals surface area (Å²) in [6, 6.07) is 6.03. The second kappa shape index (κ2) is 8.14. The van der Waals surface area contributed by atoms with E-state index in [1.54, 1.807) is 18.2 Å². The molecule has 2 N–H and O–H groups in total. The molecule has 0 saturated heterocycles. The van der Waals surface area contributed by atoms with Crippen LogP contribution in [0.5, 0.6) is 11.5 Å². The van der Waals surface area contributed by atoms with Crippen molar-refractivity contribution >= 4 is 11.9 Å². The van der Waals surface area contributed by atoms with Crippen molar-refractivity contribution in [2.45, 2.75) is 26.8 Å². The van der Waals surface area contributed by atoms with Crippen LogP contribution in [0.4, 0.5) is 0 Å². The average Bonchev–Trinajstić information content (AvgIpc) is 2.43. The van der Waals surface area contributed by atoms with Gasteiger partial charge < -0.3 is 19.9 Å². The molecule has 0 radical (unpaired) electrons. The van der Waals surface area contributed by atoms with Crippen LogP contribution in [0.15, 0.2) is 24.3 Å². The maximum Gasteiger partial charge on any atom is 0.325 e. The summed E-state index contributed by atoms with van der Waals surface area (Å²) in [6.07, 6.45) is 0. The largest absolute Gasteiger partial charge is 0.493 e. The fourth-order valence-corrected chi connectivity index (χ4v) is 1.41. The molecule has 0 aliphatic heterocycles. The molecule has 6 heteroatoms. The first-order valence-electron chi connectivity index (χ1n) is 6.76. The lowest BCUT2D eigenvalue weighted by molar-refractivity contribution is -0.141. The molecular formula is C15H21NO5. The minimum Gasteiger partial charge on any atom is -0.493 e. The van der Waals surface area contributed by atoms with Gasteiger partial charge in [0, 0.05) is 6.07 Å². The summed E-state index contributed by atoms with van der Waals surface area (Å²) < 4.78 is 10.9. The summed E-state index contributed by atoms with van der Waals surface area (Å²) in [5, 5.41) is 11.0. The van der Waals surface area contributed by atoms with Crippen LogP contribution in [0.2, 0.25) is 0 Å². The van der Waals surface area contributed by atoms with Crippen LogP contribution in [0.1, 0.15) is 20.8 Å². The predicted octanol–water partition coefficient (Wildman–Crippen LogP) is 1.69. The van der Waals surface area contributed by atoms with Gasteiger partial charge in [0.15, 0.2) is 6.61 Å². The van der Waals surface area contributed by atoms with Crippen molar-refractivity contribution in [2.75, 3.05) is 13.2 Å². The summed E-state index contributed by atoms with van der Waals surface area (Å²) in [6.45, 7) is 5.84. The molecule has 0 spiro atoms. The molecule has 116 valence electrons. The highest BCUT2D eigenvalue weighted by Gasteiger charge is 2.14. The van der Waals surface area contributed by atoms with E-state index in [9.17, 15) is 9.59 Å². The molecule has 0 bridgehead atoms. The smallest absolute Gasteiger partial charge is 0.325 e. The molecule has 0 heterocycles. The lowest BCUT2D eigenvalue weighted by Crippen LogP contribution is -2.40. The molecule has 1 amide bonds. The van der Waals surface area contributed by atoms with Crippen LogP contribution in [-0.4, -0.2) is 36.2 Å². The van der Waals surface area contributed by atoms with E-state index >= 15 is 0 Å². The highest BCUT2D eigenvalue weighted by Crippen LogP contribution is 2.19. The van der Waals surface area contributed by atoms with Gasteiger partial charge in [-0.15, -0.1) is 0 Å². The van der Waals surface area contributed by atoms with Crippen molar-refractivity contribution in [3.63, 3.8) is 0 Å². The van der Waals surface area contributed by atoms with E-state index in [4.69, 9.17) is 14.6 Å². The van der Waals surface area contributed by atoms with Gasteiger partial charge in [-0.1, -0.05) is 19.9 Å². The average molecular weight is 295 g/mol. The van der Waals surface area contributed by atoms with Crippen molar-refractivity contribution in [3.05, 3.63) is 24.3 Å². The molecule has 0 aliphatic carbocycles. The Kier molecular flexibility index (Phi) is 6.52. The van der Waals surface area contributed by atoms with E-state index in [0.29, 0.717) is 24.0 Å². The number of ether oxygens (including phenoxy) is 2. The zero-order valence-corrected chi connectivity index (χ0v) is 12.5. The van der Waals surface area contributed by atoms with Gasteiger partial charge >= 0.3 is 5.97 Å². The lowest BCUT2D eigenvalue weighted by atomic mass is 10.2. The zero-order chi connectivity index (χ0) is 15.8. The molecule has 1 unspecified atom stereocenters. The van der Waals surface area contributed by atoms with Gasteiger partial charge in [0.1, 0.15) is 17.5 Å². The zero-order valence-electron chi connectivity index (χ0n) is 12.5. The normalized spacial score (nSPS) is 11.8. The van der Waals surface area contributed by atoms with Crippen LogP contribution in [0.3, 0.4) is 0 Å². The lowest BCUT2D eigenvalue weighted by Gasteiger charge is -2.12. The number of nitrogens with one attached hydrogen (secondary N) is 1. The van der Waals surface area contributed by atoms with Crippen LogP contribution in [0.25, 0.3) is 0 Å². The molecule has 6 nitrogen and oxygen atoms in total. The Morgan fingerprint density at radius 3 is 2.38 bits per heavy atom. The van der Waals surface area contributed by atoms with Gasteiger partial charge in [-0.05, 0) is 25.0 Å². The first-order valence-corrected chi connectivity index (χ1v) is 6.76. The molecule has 0 aliphatic rings. The van der Waals surface area contributed by atoms with Gasteiger partial charge in [0.05, 0.1) is 6.61 Å². The highest BCUT2D eigenvalue weighted by molar-refractivity contribution is 5.84. The number of benzene rings is 1. The fourth-order valence-electron chi connectivity index (χ4n) is 1.41. The number of carboxylic acids is 1. The van der Waals surface area contributed by atoms with Gasteiger partial charge in [0.2, 0.25) is 0 Å². The Hall–Kier alpha value is -2.24. The summed E-state index contributed by atoms with van der Waals surface area (Å²) in [5.41, 5.74) is 0. The van der Waals surface area contributed by atoms with Crippen LogP contribution in [0, 0.1) is 5.92 Å². The number of amides is 1. The number of aliphatic carboxylic acids is 1.